The molecular formula is C11H12ClF2N. The van der Waals surface area contributed by atoms with Gasteiger partial charge in [-0.25, -0.2) is 8.78 Å². The molecule has 0 radical (unpaired) electrons. The summed E-state index contributed by atoms with van der Waals surface area (Å²) in [6.45, 7) is 5.76. The number of aromatic nitrogens is 1. The second-order valence-corrected chi connectivity index (χ2v) is 3.27. The van der Waals surface area contributed by atoms with Crippen LogP contribution in [0.1, 0.15) is 19.5 Å². The Hall–Kier alpha value is -1.09. The molecule has 0 spiro atoms. The molecule has 0 aliphatic heterocycles. The van der Waals surface area contributed by atoms with E-state index in [1.807, 2.05) is 13.8 Å². The van der Waals surface area contributed by atoms with Gasteiger partial charge in [0, 0.05) is 17.1 Å². The maximum absolute atomic E-state index is 13.1. The molecule has 4 heteroatoms. The van der Waals surface area contributed by atoms with E-state index in [1.54, 1.807) is 13.0 Å². The van der Waals surface area contributed by atoms with Gasteiger partial charge in [-0.3, -0.25) is 0 Å². The van der Waals surface area contributed by atoms with E-state index in [9.17, 15) is 8.78 Å². The predicted octanol–water partition coefficient (Wildman–Crippen LogP) is 4.43. The van der Waals surface area contributed by atoms with Crippen LogP contribution in [-0.2, 0) is 0 Å². The van der Waals surface area contributed by atoms with Crippen LogP contribution < -0.4 is 0 Å². The molecule has 0 atom stereocenters. The van der Waals surface area contributed by atoms with Crippen LogP contribution in [0, 0.1) is 18.6 Å². The van der Waals surface area contributed by atoms with Crippen molar-refractivity contribution in [2.75, 3.05) is 0 Å². The zero-order valence-corrected chi connectivity index (χ0v) is 9.54. The molecular weight excluding hydrogens is 220 g/mol. The van der Waals surface area contributed by atoms with Crippen molar-refractivity contribution in [1.82, 2.24) is 4.98 Å². The zero-order valence-electron chi connectivity index (χ0n) is 8.79. The van der Waals surface area contributed by atoms with Crippen LogP contribution in [0.3, 0.4) is 0 Å². The third kappa shape index (κ3) is 2.12. The molecule has 82 valence electrons. The van der Waals surface area contributed by atoms with Crippen molar-refractivity contribution in [2.45, 2.75) is 20.8 Å². The zero-order chi connectivity index (χ0) is 11.6. The minimum absolute atomic E-state index is 0.0653. The molecule has 0 saturated heterocycles. The standard InChI is InChI=1S/C9H6ClF2N.C2H6/c1-4-2-5-6(11)3-7(12)8(10)9(5)13-4;1-2/h2-3,13H,1H3;1-2H3. The van der Waals surface area contributed by atoms with E-state index >= 15 is 0 Å². The number of H-pyrrole nitrogens is 1. The topological polar surface area (TPSA) is 15.8 Å². The summed E-state index contributed by atoms with van der Waals surface area (Å²) < 4.78 is 26.0. The van der Waals surface area contributed by atoms with E-state index in [0.717, 1.165) is 11.8 Å². The molecule has 1 N–H and O–H groups in total. The highest BCUT2D eigenvalue weighted by atomic mass is 35.5. The molecule has 1 heterocycles. The average Bonchev–Trinajstić information content (AvgIpc) is 2.61. The molecule has 0 saturated carbocycles. The van der Waals surface area contributed by atoms with Crippen LogP contribution in [-0.4, -0.2) is 4.98 Å². The number of halogens is 3. The number of rotatable bonds is 0. The quantitative estimate of drug-likeness (QED) is 0.646. The van der Waals surface area contributed by atoms with E-state index in [-0.39, 0.29) is 5.02 Å². The lowest BCUT2D eigenvalue weighted by atomic mass is 10.2. The number of hydrogen-bond acceptors (Lipinski definition) is 0. The first-order valence-electron chi connectivity index (χ1n) is 4.72. The Balaban J connectivity index is 0.000000531. The van der Waals surface area contributed by atoms with Gasteiger partial charge in [0.25, 0.3) is 0 Å². The van der Waals surface area contributed by atoms with Gasteiger partial charge in [0.05, 0.1) is 5.52 Å². The minimum atomic E-state index is -0.742. The normalized spacial score (nSPS) is 10.0. The van der Waals surface area contributed by atoms with Gasteiger partial charge in [-0.1, -0.05) is 25.4 Å². The minimum Gasteiger partial charge on any atom is -0.357 e. The van der Waals surface area contributed by atoms with Crippen molar-refractivity contribution in [3.63, 3.8) is 0 Å². The van der Waals surface area contributed by atoms with E-state index in [4.69, 9.17) is 11.6 Å². The highest BCUT2D eigenvalue weighted by Crippen LogP contribution is 2.28. The molecule has 15 heavy (non-hydrogen) atoms. The Morgan fingerprint density at radius 2 is 1.73 bits per heavy atom. The van der Waals surface area contributed by atoms with Gasteiger partial charge >= 0.3 is 0 Å². The van der Waals surface area contributed by atoms with Crippen molar-refractivity contribution in [3.8, 4) is 0 Å². The van der Waals surface area contributed by atoms with Crippen LogP contribution >= 0.6 is 11.6 Å². The van der Waals surface area contributed by atoms with Gasteiger partial charge in [-0.05, 0) is 13.0 Å². The fourth-order valence-electron chi connectivity index (χ4n) is 1.32. The van der Waals surface area contributed by atoms with Crippen molar-refractivity contribution < 1.29 is 8.78 Å². The van der Waals surface area contributed by atoms with Gasteiger partial charge in [0.15, 0.2) is 0 Å². The summed E-state index contributed by atoms with van der Waals surface area (Å²) >= 11 is 5.64. The Morgan fingerprint density at radius 3 is 2.33 bits per heavy atom. The number of hydrogen-bond donors (Lipinski definition) is 1. The van der Waals surface area contributed by atoms with E-state index in [2.05, 4.69) is 4.98 Å². The molecule has 1 aromatic heterocycles. The highest BCUT2D eigenvalue weighted by Gasteiger charge is 2.12. The van der Waals surface area contributed by atoms with Crippen molar-refractivity contribution in [1.29, 1.82) is 0 Å². The molecule has 0 aliphatic carbocycles. The fourth-order valence-corrected chi connectivity index (χ4v) is 1.53. The van der Waals surface area contributed by atoms with E-state index in [0.29, 0.717) is 10.9 Å². The van der Waals surface area contributed by atoms with Crippen molar-refractivity contribution in [2.24, 2.45) is 0 Å². The van der Waals surface area contributed by atoms with Crippen molar-refractivity contribution in [3.05, 3.63) is 34.5 Å². The Bertz CT molecular complexity index is 477. The van der Waals surface area contributed by atoms with Crippen LogP contribution in [0.4, 0.5) is 8.78 Å². The van der Waals surface area contributed by atoms with E-state index in [1.165, 1.54) is 0 Å². The molecule has 0 fully saturated rings. The first-order chi connectivity index (χ1) is 7.09. The van der Waals surface area contributed by atoms with Gasteiger partial charge in [0.2, 0.25) is 0 Å². The summed E-state index contributed by atoms with van der Waals surface area (Å²) in [7, 11) is 0. The Labute approximate surface area is 92.1 Å². The second-order valence-electron chi connectivity index (χ2n) is 2.90. The van der Waals surface area contributed by atoms with Gasteiger partial charge in [0.1, 0.15) is 16.7 Å². The first kappa shape index (κ1) is 12.0. The largest absolute Gasteiger partial charge is 0.357 e. The highest BCUT2D eigenvalue weighted by molar-refractivity contribution is 6.35. The summed E-state index contributed by atoms with van der Waals surface area (Å²) in [5.74, 6) is -1.34. The fraction of sp³-hybridized carbons (Fsp3) is 0.273. The number of benzene rings is 1. The second kappa shape index (κ2) is 4.62. The summed E-state index contributed by atoms with van der Waals surface area (Å²) in [5, 5.41) is 0.258. The lowest BCUT2D eigenvalue weighted by Crippen LogP contribution is -1.83. The van der Waals surface area contributed by atoms with Crippen molar-refractivity contribution >= 4 is 22.5 Å². The van der Waals surface area contributed by atoms with Crippen LogP contribution in [0.5, 0.6) is 0 Å². The Morgan fingerprint density at radius 1 is 1.13 bits per heavy atom. The first-order valence-corrected chi connectivity index (χ1v) is 5.10. The molecule has 0 amide bonds. The molecule has 2 rings (SSSR count). The number of aryl methyl sites for hydroxylation is 1. The van der Waals surface area contributed by atoms with Gasteiger partial charge in [-0.15, -0.1) is 0 Å². The average molecular weight is 232 g/mol. The predicted molar refractivity (Wildman–Crippen MR) is 59.3 cm³/mol. The van der Waals surface area contributed by atoms with Crippen LogP contribution in [0.2, 0.25) is 5.02 Å². The molecule has 1 nitrogen and oxygen atoms in total. The van der Waals surface area contributed by atoms with Crippen LogP contribution in [0.25, 0.3) is 10.9 Å². The molecule has 0 aliphatic rings. The Kier molecular flexibility index (Phi) is 3.69. The number of nitrogens with one attached hydrogen (secondary N) is 1. The van der Waals surface area contributed by atoms with Gasteiger partial charge < -0.3 is 4.98 Å². The van der Waals surface area contributed by atoms with Gasteiger partial charge in [-0.2, -0.15) is 0 Å². The maximum atomic E-state index is 13.1. The smallest absolute Gasteiger partial charge is 0.146 e. The maximum Gasteiger partial charge on any atom is 0.146 e. The summed E-state index contributed by atoms with van der Waals surface area (Å²) in [6.07, 6.45) is 0. The number of aromatic amines is 1. The molecule has 2 aromatic rings. The lowest BCUT2D eigenvalue weighted by Gasteiger charge is -1.97. The van der Waals surface area contributed by atoms with Crippen LogP contribution in [0.15, 0.2) is 12.1 Å². The third-order valence-corrected chi connectivity index (χ3v) is 2.26. The molecule has 1 aromatic carbocycles. The SMILES string of the molecule is CC.Cc1cc2c(F)cc(F)c(Cl)c2[nH]1. The number of fused-ring (bicyclic) bond motifs is 1. The van der Waals surface area contributed by atoms with E-state index < -0.39 is 11.6 Å². The monoisotopic (exact) mass is 231 g/mol. The summed E-state index contributed by atoms with van der Waals surface area (Å²) in [6, 6.07) is 2.38. The lowest BCUT2D eigenvalue weighted by molar-refractivity contribution is 0.592. The summed E-state index contributed by atoms with van der Waals surface area (Å²) in [4.78, 5) is 2.80. The molecule has 0 unspecified atom stereocenters. The third-order valence-electron chi connectivity index (χ3n) is 1.89. The molecule has 0 bridgehead atoms. The summed E-state index contributed by atoms with van der Waals surface area (Å²) in [5.41, 5.74) is 1.07.